The number of carbonyl (C=O) groups excluding carboxylic acids is 2. The van der Waals surface area contributed by atoms with E-state index >= 15 is 0 Å². The average molecular weight is 438 g/mol. The van der Waals surface area contributed by atoms with Crippen molar-refractivity contribution in [1.82, 2.24) is 14.1 Å². The summed E-state index contributed by atoms with van der Waals surface area (Å²) in [6.45, 7) is 7.05. The standard InChI is InChI=1S/C23H26N4O5/c1-6-32-22(30)17-11-14(4)24-20-19(17)21(29)27(23(31)26(20)5)12-18(28)25-16-9-7-15(8-10-16)13(2)3/h7-11,13H,6,12H2,1-5H3,(H,25,28). The number of carbonyl (C=O) groups is 2. The Morgan fingerprint density at radius 2 is 1.81 bits per heavy atom. The van der Waals surface area contributed by atoms with Crippen LogP contribution in [0.1, 0.15) is 48.3 Å². The third-order valence-corrected chi connectivity index (χ3v) is 5.08. The van der Waals surface area contributed by atoms with E-state index in [1.54, 1.807) is 26.0 Å². The van der Waals surface area contributed by atoms with Gasteiger partial charge in [-0.3, -0.25) is 18.7 Å². The number of nitrogens with one attached hydrogen (secondary N) is 1. The summed E-state index contributed by atoms with van der Waals surface area (Å²) >= 11 is 0. The van der Waals surface area contributed by atoms with E-state index in [-0.39, 0.29) is 23.2 Å². The maximum atomic E-state index is 13.2. The summed E-state index contributed by atoms with van der Waals surface area (Å²) in [5.74, 6) is -0.886. The summed E-state index contributed by atoms with van der Waals surface area (Å²) in [6.07, 6.45) is 0. The summed E-state index contributed by atoms with van der Waals surface area (Å²) in [5, 5.41) is 2.63. The number of ether oxygens (including phenoxy) is 1. The third-order valence-electron chi connectivity index (χ3n) is 5.08. The Bertz CT molecular complexity index is 1300. The van der Waals surface area contributed by atoms with Gasteiger partial charge in [0.2, 0.25) is 5.91 Å². The van der Waals surface area contributed by atoms with Gasteiger partial charge in [0, 0.05) is 18.4 Å². The first-order chi connectivity index (χ1) is 15.1. The van der Waals surface area contributed by atoms with E-state index in [1.165, 1.54) is 13.1 Å². The highest BCUT2D eigenvalue weighted by atomic mass is 16.5. The summed E-state index contributed by atoms with van der Waals surface area (Å²) < 4.78 is 7.00. The fourth-order valence-corrected chi connectivity index (χ4v) is 3.41. The molecule has 2 aromatic heterocycles. The van der Waals surface area contributed by atoms with Gasteiger partial charge in [0.1, 0.15) is 12.2 Å². The highest BCUT2D eigenvalue weighted by Crippen LogP contribution is 2.17. The molecule has 1 amide bonds. The van der Waals surface area contributed by atoms with Crippen LogP contribution >= 0.6 is 0 Å². The molecule has 0 fully saturated rings. The first-order valence-electron chi connectivity index (χ1n) is 10.3. The van der Waals surface area contributed by atoms with Crippen LogP contribution in [-0.2, 0) is 23.1 Å². The Morgan fingerprint density at radius 1 is 1.16 bits per heavy atom. The molecule has 168 valence electrons. The van der Waals surface area contributed by atoms with Crippen LogP contribution in [0, 0.1) is 6.92 Å². The number of hydrogen-bond acceptors (Lipinski definition) is 6. The molecule has 0 unspecified atom stereocenters. The molecule has 0 aliphatic heterocycles. The number of rotatable bonds is 6. The van der Waals surface area contributed by atoms with E-state index in [1.807, 2.05) is 12.1 Å². The second-order valence-corrected chi connectivity index (χ2v) is 7.79. The molecule has 1 aromatic carbocycles. The third kappa shape index (κ3) is 4.46. The topological polar surface area (TPSA) is 112 Å². The maximum absolute atomic E-state index is 13.2. The predicted octanol–water partition coefficient (Wildman–Crippen LogP) is 2.34. The van der Waals surface area contributed by atoms with E-state index in [2.05, 4.69) is 24.1 Å². The number of hydrogen-bond donors (Lipinski definition) is 1. The Labute approximate surface area is 184 Å². The molecule has 3 rings (SSSR count). The summed E-state index contributed by atoms with van der Waals surface area (Å²) in [5.41, 5.74) is 0.712. The Balaban J connectivity index is 2.03. The van der Waals surface area contributed by atoms with Gasteiger partial charge in [-0.05, 0) is 43.5 Å². The van der Waals surface area contributed by atoms with E-state index in [0.29, 0.717) is 17.3 Å². The lowest BCUT2D eigenvalue weighted by Gasteiger charge is -2.13. The minimum Gasteiger partial charge on any atom is -0.462 e. The molecule has 1 N–H and O–H groups in total. The maximum Gasteiger partial charge on any atom is 0.339 e. The van der Waals surface area contributed by atoms with Crippen LogP contribution in [0.5, 0.6) is 0 Å². The van der Waals surface area contributed by atoms with Gasteiger partial charge >= 0.3 is 11.7 Å². The smallest absolute Gasteiger partial charge is 0.339 e. The van der Waals surface area contributed by atoms with E-state index < -0.39 is 29.7 Å². The zero-order valence-electron chi connectivity index (χ0n) is 18.8. The molecule has 3 aromatic rings. The molecular weight excluding hydrogens is 412 g/mol. The van der Waals surface area contributed by atoms with E-state index in [0.717, 1.165) is 14.7 Å². The van der Waals surface area contributed by atoms with Gasteiger partial charge in [-0.15, -0.1) is 0 Å². The first-order valence-corrected chi connectivity index (χ1v) is 10.3. The lowest BCUT2D eigenvalue weighted by Crippen LogP contribution is -2.42. The summed E-state index contributed by atoms with van der Waals surface area (Å²) in [6, 6.07) is 8.77. The van der Waals surface area contributed by atoms with Crippen molar-refractivity contribution in [3.63, 3.8) is 0 Å². The van der Waals surface area contributed by atoms with Crippen LogP contribution in [-0.4, -0.2) is 32.6 Å². The van der Waals surface area contributed by atoms with E-state index in [4.69, 9.17) is 4.74 Å². The number of fused-ring (bicyclic) bond motifs is 1. The van der Waals surface area contributed by atoms with Crippen LogP contribution in [0.15, 0.2) is 39.9 Å². The molecule has 9 nitrogen and oxygen atoms in total. The number of anilines is 1. The molecule has 2 heterocycles. The average Bonchev–Trinajstić information content (AvgIpc) is 2.75. The highest BCUT2D eigenvalue weighted by Gasteiger charge is 2.22. The van der Waals surface area contributed by atoms with Gasteiger partial charge in [-0.25, -0.2) is 14.6 Å². The Kier molecular flexibility index (Phi) is 6.57. The molecule has 0 saturated heterocycles. The molecule has 0 saturated carbocycles. The van der Waals surface area contributed by atoms with Gasteiger partial charge in [0.15, 0.2) is 0 Å². The fraction of sp³-hybridized carbons (Fsp3) is 0.348. The number of nitrogens with zero attached hydrogens (tertiary/aromatic N) is 3. The Hall–Kier alpha value is -3.75. The SMILES string of the molecule is CCOC(=O)c1cc(C)nc2c1c(=O)n(CC(=O)Nc1ccc(C(C)C)cc1)c(=O)n2C. The Morgan fingerprint density at radius 3 is 2.41 bits per heavy atom. The van der Waals surface area contributed by atoms with Gasteiger partial charge < -0.3 is 10.1 Å². The fourth-order valence-electron chi connectivity index (χ4n) is 3.41. The number of aryl methyl sites for hydroxylation is 2. The van der Waals surface area contributed by atoms with Crippen molar-refractivity contribution in [2.24, 2.45) is 7.05 Å². The van der Waals surface area contributed by atoms with Crippen molar-refractivity contribution in [2.75, 3.05) is 11.9 Å². The van der Waals surface area contributed by atoms with Crippen LogP contribution in [0.4, 0.5) is 5.69 Å². The molecule has 0 bridgehead atoms. The zero-order chi connectivity index (χ0) is 23.6. The molecule has 0 aliphatic rings. The first kappa shape index (κ1) is 22.9. The van der Waals surface area contributed by atoms with Crippen LogP contribution < -0.4 is 16.6 Å². The minimum atomic E-state index is -0.774. The number of aromatic nitrogens is 3. The summed E-state index contributed by atoms with van der Waals surface area (Å²) in [7, 11) is 1.44. The van der Waals surface area contributed by atoms with Gasteiger partial charge in [-0.1, -0.05) is 26.0 Å². The minimum absolute atomic E-state index is 0.00776. The number of amides is 1. The number of pyridine rings is 1. The summed E-state index contributed by atoms with van der Waals surface area (Å²) in [4.78, 5) is 55.3. The number of esters is 1. The van der Waals surface area contributed by atoms with Crippen LogP contribution in [0.25, 0.3) is 11.0 Å². The van der Waals surface area contributed by atoms with Crippen LogP contribution in [0.3, 0.4) is 0 Å². The van der Waals surface area contributed by atoms with Gasteiger partial charge in [0.05, 0.1) is 17.6 Å². The highest BCUT2D eigenvalue weighted by molar-refractivity contribution is 6.02. The molecular formula is C23H26N4O5. The van der Waals surface area contributed by atoms with Crippen molar-refractivity contribution in [2.45, 2.75) is 40.2 Å². The van der Waals surface area contributed by atoms with Crippen molar-refractivity contribution >= 4 is 28.6 Å². The monoisotopic (exact) mass is 438 g/mol. The largest absolute Gasteiger partial charge is 0.462 e. The lowest BCUT2D eigenvalue weighted by molar-refractivity contribution is -0.116. The number of benzene rings is 1. The second kappa shape index (κ2) is 9.17. The molecule has 32 heavy (non-hydrogen) atoms. The predicted molar refractivity (Wildman–Crippen MR) is 121 cm³/mol. The second-order valence-electron chi connectivity index (χ2n) is 7.79. The molecule has 0 radical (unpaired) electrons. The lowest BCUT2D eigenvalue weighted by atomic mass is 10.0. The van der Waals surface area contributed by atoms with Crippen molar-refractivity contribution in [1.29, 1.82) is 0 Å². The molecule has 9 heteroatoms. The molecule has 0 aliphatic carbocycles. The molecule has 0 atom stereocenters. The normalized spacial score (nSPS) is 11.1. The van der Waals surface area contributed by atoms with Crippen molar-refractivity contribution in [3.05, 3.63) is 68.0 Å². The van der Waals surface area contributed by atoms with Crippen molar-refractivity contribution in [3.8, 4) is 0 Å². The van der Waals surface area contributed by atoms with Gasteiger partial charge in [0.25, 0.3) is 5.56 Å². The quantitative estimate of drug-likeness (QED) is 0.591. The zero-order valence-corrected chi connectivity index (χ0v) is 18.8. The van der Waals surface area contributed by atoms with Gasteiger partial charge in [-0.2, -0.15) is 0 Å². The van der Waals surface area contributed by atoms with Crippen LogP contribution in [0.2, 0.25) is 0 Å². The molecule has 0 spiro atoms. The van der Waals surface area contributed by atoms with Crippen molar-refractivity contribution < 1.29 is 14.3 Å². The van der Waals surface area contributed by atoms with E-state index in [9.17, 15) is 19.2 Å².